The van der Waals surface area contributed by atoms with Gasteiger partial charge in [0.1, 0.15) is 5.75 Å². The minimum Gasteiger partial charge on any atom is -0.491 e. The lowest BCUT2D eigenvalue weighted by Gasteiger charge is -2.19. The highest BCUT2D eigenvalue weighted by molar-refractivity contribution is 5.36. The van der Waals surface area contributed by atoms with Crippen LogP contribution in [-0.4, -0.2) is 12.3 Å². The Kier molecular flexibility index (Phi) is 4.40. The molecule has 0 spiro atoms. The molecule has 1 unspecified atom stereocenters. The Morgan fingerprint density at radius 3 is 2.35 bits per heavy atom. The van der Waals surface area contributed by atoms with Crippen molar-refractivity contribution in [2.45, 2.75) is 38.6 Å². The van der Waals surface area contributed by atoms with Crippen LogP contribution >= 0.6 is 0 Å². The van der Waals surface area contributed by atoms with Crippen molar-refractivity contribution in [3.8, 4) is 5.75 Å². The molecular weight excluding hydrogens is 231 g/mol. The van der Waals surface area contributed by atoms with E-state index in [0.29, 0.717) is 11.3 Å². The van der Waals surface area contributed by atoms with E-state index in [0.717, 1.165) is 0 Å². The van der Waals surface area contributed by atoms with Crippen molar-refractivity contribution >= 4 is 0 Å². The SMILES string of the molecule is CC(C)Oc1ccccc1C(N)CC(F)(F)F. The lowest BCUT2D eigenvalue weighted by atomic mass is 10.0. The Bertz CT molecular complexity index is 363. The monoisotopic (exact) mass is 247 g/mol. The molecule has 0 radical (unpaired) electrons. The fourth-order valence-corrected chi connectivity index (χ4v) is 1.51. The second-order valence-corrected chi connectivity index (χ2v) is 4.13. The molecule has 1 atom stereocenters. The minimum atomic E-state index is -4.27. The highest BCUT2D eigenvalue weighted by Gasteiger charge is 2.31. The van der Waals surface area contributed by atoms with Gasteiger partial charge in [-0.05, 0) is 19.9 Å². The lowest BCUT2D eigenvalue weighted by Crippen LogP contribution is -2.21. The number of halogens is 3. The highest BCUT2D eigenvalue weighted by Crippen LogP contribution is 2.32. The first-order chi connectivity index (χ1) is 7.79. The van der Waals surface area contributed by atoms with E-state index >= 15 is 0 Å². The quantitative estimate of drug-likeness (QED) is 0.884. The van der Waals surface area contributed by atoms with E-state index in [-0.39, 0.29) is 6.10 Å². The topological polar surface area (TPSA) is 35.2 Å². The summed E-state index contributed by atoms with van der Waals surface area (Å²) in [6.07, 6.45) is -5.43. The highest BCUT2D eigenvalue weighted by atomic mass is 19.4. The van der Waals surface area contributed by atoms with Crippen LogP contribution in [0.4, 0.5) is 13.2 Å². The maximum absolute atomic E-state index is 12.3. The van der Waals surface area contributed by atoms with Gasteiger partial charge in [0.25, 0.3) is 0 Å². The van der Waals surface area contributed by atoms with Gasteiger partial charge in [-0.3, -0.25) is 0 Å². The first-order valence-electron chi connectivity index (χ1n) is 5.37. The Balaban J connectivity index is 2.88. The number of alkyl halides is 3. The molecule has 0 aromatic heterocycles. The van der Waals surface area contributed by atoms with E-state index in [1.165, 1.54) is 0 Å². The number of nitrogens with two attached hydrogens (primary N) is 1. The molecule has 1 rings (SSSR count). The van der Waals surface area contributed by atoms with Crippen LogP contribution in [-0.2, 0) is 0 Å². The van der Waals surface area contributed by atoms with Crippen molar-refractivity contribution in [2.24, 2.45) is 5.73 Å². The summed E-state index contributed by atoms with van der Waals surface area (Å²) in [6.45, 7) is 3.62. The molecular formula is C12H16F3NO. The van der Waals surface area contributed by atoms with Gasteiger partial charge in [0.15, 0.2) is 0 Å². The smallest absolute Gasteiger partial charge is 0.390 e. The third-order valence-corrected chi connectivity index (χ3v) is 2.13. The zero-order chi connectivity index (χ0) is 13.1. The van der Waals surface area contributed by atoms with E-state index < -0.39 is 18.6 Å². The van der Waals surface area contributed by atoms with Crippen molar-refractivity contribution in [3.63, 3.8) is 0 Å². The third kappa shape index (κ3) is 4.65. The summed E-state index contributed by atoms with van der Waals surface area (Å²) in [4.78, 5) is 0. The number of para-hydroxylation sites is 1. The van der Waals surface area contributed by atoms with Crippen LogP contribution in [0.3, 0.4) is 0 Å². The average Bonchev–Trinajstić information content (AvgIpc) is 2.14. The first-order valence-corrected chi connectivity index (χ1v) is 5.37. The van der Waals surface area contributed by atoms with Crippen LogP contribution in [0, 0.1) is 0 Å². The van der Waals surface area contributed by atoms with Crippen LogP contribution in [0.2, 0.25) is 0 Å². The molecule has 1 aromatic rings. The van der Waals surface area contributed by atoms with Crippen molar-refractivity contribution in [1.29, 1.82) is 0 Å². The van der Waals surface area contributed by atoms with Gasteiger partial charge in [-0.1, -0.05) is 18.2 Å². The summed E-state index contributed by atoms with van der Waals surface area (Å²) in [7, 11) is 0. The summed E-state index contributed by atoms with van der Waals surface area (Å²) < 4.78 is 42.2. The van der Waals surface area contributed by atoms with Crippen LogP contribution in [0.15, 0.2) is 24.3 Å². The molecule has 0 saturated heterocycles. The van der Waals surface area contributed by atoms with Gasteiger partial charge in [-0.15, -0.1) is 0 Å². The Hall–Kier alpha value is -1.23. The van der Waals surface area contributed by atoms with Gasteiger partial charge >= 0.3 is 6.18 Å². The minimum absolute atomic E-state index is 0.103. The molecule has 17 heavy (non-hydrogen) atoms. The molecule has 0 saturated carbocycles. The molecule has 0 fully saturated rings. The standard InChI is InChI=1S/C12H16F3NO/c1-8(2)17-11-6-4-3-5-9(11)10(16)7-12(13,14)15/h3-6,8,10H,7,16H2,1-2H3. The first kappa shape index (κ1) is 13.8. The van der Waals surface area contributed by atoms with Crippen LogP contribution in [0.25, 0.3) is 0 Å². The maximum atomic E-state index is 12.3. The third-order valence-electron chi connectivity index (χ3n) is 2.13. The molecule has 0 aliphatic heterocycles. The van der Waals surface area contributed by atoms with Crippen LogP contribution in [0.1, 0.15) is 31.9 Å². The van der Waals surface area contributed by atoms with E-state index in [1.54, 1.807) is 24.3 Å². The Labute approximate surface area is 98.6 Å². The van der Waals surface area contributed by atoms with Crippen molar-refractivity contribution in [1.82, 2.24) is 0 Å². The number of benzene rings is 1. The summed E-state index contributed by atoms with van der Waals surface area (Å²) >= 11 is 0. The largest absolute Gasteiger partial charge is 0.491 e. The van der Waals surface area contributed by atoms with E-state index in [1.807, 2.05) is 13.8 Å². The molecule has 0 aliphatic carbocycles. The zero-order valence-electron chi connectivity index (χ0n) is 9.79. The van der Waals surface area contributed by atoms with Gasteiger partial charge in [0.05, 0.1) is 12.5 Å². The lowest BCUT2D eigenvalue weighted by molar-refractivity contribution is -0.138. The van der Waals surface area contributed by atoms with Gasteiger partial charge in [0.2, 0.25) is 0 Å². The summed E-state index contributed by atoms with van der Waals surface area (Å²) in [5.41, 5.74) is 5.95. The zero-order valence-corrected chi connectivity index (χ0v) is 9.79. The predicted molar refractivity (Wildman–Crippen MR) is 59.8 cm³/mol. The predicted octanol–water partition coefficient (Wildman–Crippen LogP) is 3.43. The number of ether oxygens (including phenoxy) is 1. The normalized spacial score (nSPS) is 13.8. The van der Waals surface area contributed by atoms with E-state index in [4.69, 9.17) is 10.5 Å². The molecule has 0 bridgehead atoms. The van der Waals surface area contributed by atoms with Crippen LogP contribution < -0.4 is 10.5 Å². The molecule has 0 amide bonds. The second-order valence-electron chi connectivity index (χ2n) is 4.13. The number of hydrogen-bond donors (Lipinski definition) is 1. The van der Waals surface area contributed by atoms with Gasteiger partial charge in [-0.25, -0.2) is 0 Å². The summed E-state index contributed by atoms with van der Waals surface area (Å²) in [5, 5.41) is 0. The van der Waals surface area contributed by atoms with Crippen molar-refractivity contribution < 1.29 is 17.9 Å². The molecule has 0 aliphatic rings. The number of rotatable bonds is 4. The average molecular weight is 247 g/mol. The number of hydrogen-bond acceptors (Lipinski definition) is 2. The van der Waals surface area contributed by atoms with Gasteiger partial charge in [0, 0.05) is 11.6 Å². The maximum Gasteiger partial charge on any atom is 0.390 e. The van der Waals surface area contributed by atoms with Gasteiger partial charge in [-0.2, -0.15) is 13.2 Å². The Morgan fingerprint density at radius 1 is 1.24 bits per heavy atom. The molecule has 5 heteroatoms. The van der Waals surface area contributed by atoms with Gasteiger partial charge < -0.3 is 10.5 Å². The van der Waals surface area contributed by atoms with Crippen molar-refractivity contribution in [3.05, 3.63) is 29.8 Å². The fourth-order valence-electron chi connectivity index (χ4n) is 1.51. The fraction of sp³-hybridized carbons (Fsp3) is 0.500. The van der Waals surface area contributed by atoms with E-state index in [2.05, 4.69) is 0 Å². The molecule has 96 valence electrons. The molecule has 1 aromatic carbocycles. The van der Waals surface area contributed by atoms with Crippen LogP contribution in [0.5, 0.6) is 5.75 Å². The second kappa shape index (κ2) is 5.40. The van der Waals surface area contributed by atoms with E-state index in [9.17, 15) is 13.2 Å². The Morgan fingerprint density at radius 2 is 1.82 bits per heavy atom. The van der Waals surface area contributed by atoms with Crippen molar-refractivity contribution in [2.75, 3.05) is 0 Å². The summed E-state index contributed by atoms with van der Waals surface area (Å²) in [6, 6.07) is 5.46. The molecule has 2 N–H and O–H groups in total. The summed E-state index contributed by atoms with van der Waals surface area (Å²) in [5.74, 6) is 0.416. The molecule has 0 heterocycles. The molecule has 2 nitrogen and oxygen atoms in total.